The quantitative estimate of drug-likeness (QED) is 0.737. The highest BCUT2D eigenvalue weighted by molar-refractivity contribution is 7.90. The Bertz CT molecular complexity index is 697. The first-order chi connectivity index (χ1) is 8.27. The van der Waals surface area contributed by atoms with Gasteiger partial charge in [-0.3, -0.25) is 0 Å². The van der Waals surface area contributed by atoms with Crippen LogP contribution in [0.4, 0.5) is 0 Å². The molecule has 98 valence electrons. The maximum atomic E-state index is 11.8. The molecular weight excluding hydrogens is 276 g/mol. The summed E-state index contributed by atoms with van der Waals surface area (Å²) in [5.74, 6) is 5.07. The SMILES string of the molecule is CC#CCNS(=O)(=O)c1cccc(S(N)(=O)=O)c1. The number of nitrogens with one attached hydrogen (secondary N) is 1. The zero-order valence-corrected chi connectivity index (χ0v) is 11.2. The lowest BCUT2D eigenvalue weighted by atomic mass is 10.4. The van der Waals surface area contributed by atoms with Gasteiger partial charge in [-0.15, -0.1) is 5.92 Å². The number of hydrogen-bond acceptors (Lipinski definition) is 4. The smallest absolute Gasteiger partial charge is 0.225 e. The molecule has 0 amide bonds. The number of rotatable bonds is 4. The molecule has 0 saturated heterocycles. The zero-order valence-electron chi connectivity index (χ0n) is 9.54. The average Bonchev–Trinajstić information content (AvgIpc) is 2.28. The average molecular weight is 288 g/mol. The van der Waals surface area contributed by atoms with Gasteiger partial charge >= 0.3 is 0 Å². The Balaban J connectivity index is 3.13. The molecule has 0 heterocycles. The van der Waals surface area contributed by atoms with Crippen LogP contribution in [0.3, 0.4) is 0 Å². The topological polar surface area (TPSA) is 106 Å². The lowest BCUT2D eigenvalue weighted by Crippen LogP contribution is -2.24. The third-order valence-electron chi connectivity index (χ3n) is 1.97. The van der Waals surface area contributed by atoms with Crippen LogP contribution in [0.25, 0.3) is 0 Å². The highest BCUT2D eigenvalue weighted by atomic mass is 32.2. The molecule has 18 heavy (non-hydrogen) atoms. The van der Waals surface area contributed by atoms with Gasteiger partial charge in [-0.1, -0.05) is 12.0 Å². The van der Waals surface area contributed by atoms with Gasteiger partial charge in [0.05, 0.1) is 16.3 Å². The summed E-state index contributed by atoms with van der Waals surface area (Å²) in [6, 6.07) is 4.80. The molecule has 0 aromatic heterocycles. The van der Waals surface area contributed by atoms with Crippen LogP contribution in [-0.4, -0.2) is 23.4 Å². The van der Waals surface area contributed by atoms with E-state index in [1.165, 1.54) is 18.2 Å². The molecule has 0 saturated carbocycles. The summed E-state index contributed by atoms with van der Waals surface area (Å²) in [4.78, 5) is -0.432. The highest BCUT2D eigenvalue weighted by Gasteiger charge is 2.16. The highest BCUT2D eigenvalue weighted by Crippen LogP contribution is 2.14. The van der Waals surface area contributed by atoms with Gasteiger partial charge in [0.15, 0.2) is 0 Å². The lowest BCUT2D eigenvalue weighted by molar-refractivity contribution is 0.585. The Hall–Kier alpha value is -1.40. The summed E-state index contributed by atoms with van der Waals surface area (Å²) in [6.07, 6.45) is 0. The predicted molar refractivity (Wildman–Crippen MR) is 66.5 cm³/mol. The van der Waals surface area contributed by atoms with Crippen molar-refractivity contribution in [1.29, 1.82) is 0 Å². The molecule has 0 aliphatic heterocycles. The van der Waals surface area contributed by atoms with Gasteiger partial charge in [0.1, 0.15) is 0 Å². The van der Waals surface area contributed by atoms with Gasteiger partial charge < -0.3 is 0 Å². The van der Waals surface area contributed by atoms with E-state index in [1.807, 2.05) is 0 Å². The predicted octanol–water partition coefficient (Wildman–Crippen LogP) is -0.364. The number of primary sulfonamides is 1. The maximum Gasteiger partial charge on any atom is 0.241 e. The van der Waals surface area contributed by atoms with E-state index in [0.29, 0.717) is 0 Å². The molecule has 6 nitrogen and oxygen atoms in total. The summed E-state index contributed by atoms with van der Waals surface area (Å²) in [7, 11) is -7.72. The van der Waals surface area contributed by atoms with E-state index in [1.54, 1.807) is 6.92 Å². The second kappa shape index (κ2) is 5.49. The van der Waals surface area contributed by atoms with Gasteiger partial charge in [0.25, 0.3) is 0 Å². The van der Waals surface area contributed by atoms with Crippen molar-refractivity contribution in [2.75, 3.05) is 6.54 Å². The normalized spacial score (nSPS) is 11.7. The Morgan fingerprint density at radius 3 is 2.39 bits per heavy atom. The molecule has 0 fully saturated rings. The summed E-state index contributed by atoms with van der Waals surface area (Å²) >= 11 is 0. The minimum atomic E-state index is -3.93. The van der Waals surface area contributed by atoms with E-state index in [-0.39, 0.29) is 16.3 Å². The summed E-state index contributed by atoms with van der Waals surface area (Å²) in [5, 5.41) is 4.93. The first kappa shape index (κ1) is 14.7. The largest absolute Gasteiger partial charge is 0.241 e. The molecule has 1 aromatic carbocycles. The fourth-order valence-electron chi connectivity index (χ4n) is 1.12. The maximum absolute atomic E-state index is 11.8. The molecule has 0 aliphatic carbocycles. The summed E-state index contributed by atoms with van der Waals surface area (Å²) in [6.45, 7) is 1.54. The fraction of sp³-hybridized carbons (Fsp3) is 0.200. The summed E-state index contributed by atoms with van der Waals surface area (Å²) < 4.78 is 48.0. The Morgan fingerprint density at radius 1 is 1.22 bits per heavy atom. The van der Waals surface area contributed by atoms with E-state index >= 15 is 0 Å². The first-order valence-corrected chi connectivity index (χ1v) is 7.82. The van der Waals surface area contributed by atoms with Crippen molar-refractivity contribution in [2.45, 2.75) is 16.7 Å². The third kappa shape index (κ3) is 3.82. The van der Waals surface area contributed by atoms with E-state index in [4.69, 9.17) is 5.14 Å². The molecule has 0 bridgehead atoms. The Labute approximate surface area is 106 Å². The molecule has 8 heteroatoms. The van der Waals surface area contributed by atoms with Crippen molar-refractivity contribution in [3.63, 3.8) is 0 Å². The first-order valence-electron chi connectivity index (χ1n) is 4.79. The Kier molecular flexibility index (Phi) is 4.48. The molecular formula is C10H12N2O4S2. The van der Waals surface area contributed by atoms with Crippen molar-refractivity contribution in [3.8, 4) is 11.8 Å². The molecule has 3 N–H and O–H groups in total. The number of nitrogens with two attached hydrogens (primary N) is 1. The molecule has 0 aliphatic rings. The molecule has 1 rings (SSSR count). The van der Waals surface area contributed by atoms with Crippen LogP contribution in [0.2, 0.25) is 0 Å². The van der Waals surface area contributed by atoms with Gasteiger partial charge in [0, 0.05) is 0 Å². The van der Waals surface area contributed by atoms with E-state index in [2.05, 4.69) is 16.6 Å². The van der Waals surface area contributed by atoms with Crippen LogP contribution in [0, 0.1) is 11.8 Å². The number of hydrogen-bond donors (Lipinski definition) is 2. The van der Waals surface area contributed by atoms with E-state index in [9.17, 15) is 16.8 Å². The molecule has 0 unspecified atom stereocenters. The van der Waals surface area contributed by atoms with Crippen molar-refractivity contribution >= 4 is 20.0 Å². The van der Waals surface area contributed by atoms with Crippen LogP contribution >= 0.6 is 0 Å². The van der Waals surface area contributed by atoms with E-state index < -0.39 is 20.0 Å². The number of benzene rings is 1. The van der Waals surface area contributed by atoms with Crippen LogP contribution in [0.1, 0.15) is 6.92 Å². The molecule has 0 spiro atoms. The minimum absolute atomic E-state index is 0.0432. The molecule has 0 radical (unpaired) electrons. The van der Waals surface area contributed by atoms with Gasteiger partial charge in [-0.2, -0.15) is 4.72 Å². The monoisotopic (exact) mass is 288 g/mol. The van der Waals surface area contributed by atoms with Crippen LogP contribution < -0.4 is 9.86 Å². The van der Waals surface area contributed by atoms with Crippen molar-refractivity contribution in [2.24, 2.45) is 5.14 Å². The van der Waals surface area contributed by atoms with Crippen molar-refractivity contribution < 1.29 is 16.8 Å². The zero-order chi connectivity index (χ0) is 13.8. The summed E-state index contributed by atoms with van der Waals surface area (Å²) in [5.41, 5.74) is 0. The minimum Gasteiger partial charge on any atom is -0.225 e. The Morgan fingerprint density at radius 2 is 1.83 bits per heavy atom. The van der Waals surface area contributed by atoms with E-state index in [0.717, 1.165) is 6.07 Å². The van der Waals surface area contributed by atoms with Crippen LogP contribution in [0.15, 0.2) is 34.1 Å². The standard InChI is InChI=1S/C10H12N2O4S2/c1-2-3-7-12-18(15,16)10-6-4-5-9(8-10)17(11,13)14/h4-6,8,12H,7H2,1H3,(H2,11,13,14). The fourth-order valence-corrected chi connectivity index (χ4v) is 2.72. The second-order valence-corrected chi connectivity index (χ2v) is 6.60. The molecule has 0 atom stereocenters. The lowest BCUT2D eigenvalue weighted by Gasteiger charge is -2.05. The van der Waals surface area contributed by atoms with Crippen molar-refractivity contribution in [1.82, 2.24) is 4.72 Å². The second-order valence-electron chi connectivity index (χ2n) is 3.27. The number of sulfonamides is 2. The van der Waals surface area contributed by atoms with Gasteiger partial charge in [-0.05, 0) is 25.1 Å². The van der Waals surface area contributed by atoms with Gasteiger partial charge in [-0.25, -0.2) is 22.0 Å². The van der Waals surface area contributed by atoms with Gasteiger partial charge in [0.2, 0.25) is 20.0 Å². The molecule has 1 aromatic rings. The van der Waals surface area contributed by atoms with Crippen LogP contribution in [-0.2, 0) is 20.0 Å². The third-order valence-corrected chi connectivity index (χ3v) is 4.28. The van der Waals surface area contributed by atoms with Crippen LogP contribution in [0.5, 0.6) is 0 Å². The van der Waals surface area contributed by atoms with Crippen molar-refractivity contribution in [3.05, 3.63) is 24.3 Å².